The number of aromatic hydroxyl groups is 1. The van der Waals surface area contributed by atoms with Crippen molar-refractivity contribution in [2.45, 2.75) is 26.4 Å². The molecule has 0 spiro atoms. The van der Waals surface area contributed by atoms with E-state index in [4.69, 9.17) is 5.73 Å². The SMILES string of the molecule is CCN(Cc1cc(Br)ccc1O)C(=O)/C=C/C(C)N. The number of carbonyl (C=O) groups is 1. The molecule has 3 N–H and O–H groups in total. The number of halogens is 1. The summed E-state index contributed by atoms with van der Waals surface area (Å²) < 4.78 is 0.870. The molecule has 0 bridgehead atoms. The molecule has 19 heavy (non-hydrogen) atoms. The molecule has 0 saturated heterocycles. The number of nitrogens with zero attached hydrogens (tertiary/aromatic N) is 1. The van der Waals surface area contributed by atoms with Gasteiger partial charge in [0.05, 0.1) is 0 Å². The third kappa shape index (κ3) is 5.04. The second-order valence-corrected chi connectivity index (χ2v) is 5.26. The summed E-state index contributed by atoms with van der Waals surface area (Å²) in [6.45, 7) is 4.63. The number of phenols is 1. The van der Waals surface area contributed by atoms with Gasteiger partial charge in [-0.15, -0.1) is 0 Å². The highest BCUT2D eigenvalue weighted by atomic mass is 79.9. The normalized spacial score (nSPS) is 12.6. The minimum atomic E-state index is -0.151. The van der Waals surface area contributed by atoms with Crippen LogP contribution in [0.15, 0.2) is 34.8 Å². The number of hydrogen-bond donors (Lipinski definition) is 2. The third-order valence-electron chi connectivity index (χ3n) is 2.64. The Kier molecular flexibility index (Phi) is 6.05. The molecule has 0 fully saturated rings. The highest BCUT2D eigenvalue weighted by Gasteiger charge is 2.12. The monoisotopic (exact) mass is 326 g/mol. The fraction of sp³-hybridized carbons (Fsp3) is 0.357. The Morgan fingerprint density at radius 3 is 2.84 bits per heavy atom. The third-order valence-corrected chi connectivity index (χ3v) is 3.13. The summed E-state index contributed by atoms with van der Waals surface area (Å²) in [6, 6.07) is 5.02. The zero-order valence-electron chi connectivity index (χ0n) is 11.1. The summed E-state index contributed by atoms with van der Waals surface area (Å²) in [5.74, 6) is 0.0739. The van der Waals surface area contributed by atoms with Gasteiger partial charge in [-0.2, -0.15) is 0 Å². The molecule has 0 aliphatic heterocycles. The Bertz CT molecular complexity index is 473. The standard InChI is InChI=1S/C14H19BrN2O2/c1-3-17(14(19)7-4-10(2)16)9-11-8-12(15)5-6-13(11)18/h4-8,10,18H,3,9,16H2,1-2H3/b7-4+. The predicted octanol–water partition coefficient (Wildman–Crippen LogP) is 2.41. The van der Waals surface area contributed by atoms with Crippen LogP contribution < -0.4 is 5.73 Å². The number of amides is 1. The average molecular weight is 327 g/mol. The van der Waals surface area contributed by atoms with Gasteiger partial charge in [-0.1, -0.05) is 22.0 Å². The van der Waals surface area contributed by atoms with Crippen LogP contribution in [0.4, 0.5) is 0 Å². The first-order valence-electron chi connectivity index (χ1n) is 6.14. The first kappa shape index (κ1) is 15.7. The highest BCUT2D eigenvalue weighted by molar-refractivity contribution is 9.10. The van der Waals surface area contributed by atoms with Crippen molar-refractivity contribution in [3.05, 3.63) is 40.4 Å². The smallest absolute Gasteiger partial charge is 0.246 e. The van der Waals surface area contributed by atoms with E-state index in [1.165, 1.54) is 6.08 Å². The molecule has 1 aromatic rings. The zero-order valence-corrected chi connectivity index (χ0v) is 12.7. The maximum absolute atomic E-state index is 12.0. The van der Waals surface area contributed by atoms with Crippen molar-refractivity contribution in [2.75, 3.05) is 6.54 Å². The van der Waals surface area contributed by atoms with Crippen molar-refractivity contribution in [3.8, 4) is 5.75 Å². The Balaban J connectivity index is 2.81. The Morgan fingerprint density at radius 1 is 1.58 bits per heavy atom. The number of nitrogens with two attached hydrogens (primary N) is 1. The average Bonchev–Trinajstić information content (AvgIpc) is 2.36. The number of rotatable bonds is 5. The van der Waals surface area contributed by atoms with Crippen LogP contribution in [0.3, 0.4) is 0 Å². The lowest BCUT2D eigenvalue weighted by Gasteiger charge is -2.20. The lowest BCUT2D eigenvalue weighted by molar-refractivity contribution is -0.126. The van der Waals surface area contributed by atoms with Gasteiger partial charge in [-0.3, -0.25) is 4.79 Å². The lowest BCUT2D eigenvalue weighted by atomic mass is 10.2. The zero-order chi connectivity index (χ0) is 14.4. The number of phenolic OH excluding ortho intramolecular Hbond substituents is 1. The van der Waals surface area contributed by atoms with E-state index < -0.39 is 0 Å². The van der Waals surface area contributed by atoms with Gasteiger partial charge in [0.2, 0.25) is 5.91 Å². The van der Waals surface area contributed by atoms with Crippen molar-refractivity contribution in [1.82, 2.24) is 4.90 Å². The van der Waals surface area contributed by atoms with Crippen LogP contribution in [0.5, 0.6) is 5.75 Å². The topological polar surface area (TPSA) is 66.6 Å². The van der Waals surface area contributed by atoms with E-state index in [1.807, 2.05) is 6.92 Å². The Labute approximate surface area is 122 Å². The van der Waals surface area contributed by atoms with Gasteiger partial charge < -0.3 is 15.7 Å². The van der Waals surface area contributed by atoms with E-state index in [0.29, 0.717) is 18.7 Å². The second-order valence-electron chi connectivity index (χ2n) is 4.34. The van der Waals surface area contributed by atoms with Crippen LogP contribution in [0.25, 0.3) is 0 Å². The molecule has 1 amide bonds. The molecule has 0 aliphatic carbocycles. The van der Waals surface area contributed by atoms with Crippen molar-refractivity contribution in [1.29, 1.82) is 0 Å². The largest absolute Gasteiger partial charge is 0.508 e. The maximum Gasteiger partial charge on any atom is 0.246 e. The highest BCUT2D eigenvalue weighted by Crippen LogP contribution is 2.23. The van der Waals surface area contributed by atoms with Crippen molar-refractivity contribution in [3.63, 3.8) is 0 Å². The van der Waals surface area contributed by atoms with E-state index in [9.17, 15) is 9.90 Å². The maximum atomic E-state index is 12.0. The lowest BCUT2D eigenvalue weighted by Crippen LogP contribution is -2.29. The van der Waals surface area contributed by atoms with Gasteiger partial charge in [0, 0.05) is 35.2 Å². The van der Waals surface area contributed by atoms with Crippen LogP contribution >= 0.6 is 15.9 Å². The van der Waals surface area contributed by atoms with E-state index in [0.717, 1.165) is 4.47 Å². The quantitative estimate of drug-likeness (QED) is 0.816. The minimum absolute atomic E-state index is 0.112. The van der Waals surface area contributed by atoms with Gasteiger partial charge in [-0.05, 0) is 32.0 Å². The summed E-state index contributed by atoms with van der Waals surface area (Å²) >= 11 is 3.35. The fourth-order valence-electron chi connectivity index (χ4n) is 1.57. The molecule has 1 atom stereocenters. The van der Waals surface area contributed by atoms with Crippen molar-refractivity contribution in [2.24, 2.45) is 5.73 Å². The van der Waals surface area contributed by atoms with Crippen LogP contribution in [0.1, 0.15) is 19.4 Å². The molecule has 1 unspecified atom stereocenters. The van der Waals surface area contributed by atoms with Crippen LogP contribution in [0.2, 0.25) is 0 Å². The summed E-state index contributed by atoms with van der Waals surface area (Å²) in [5, 5.41) is 9.78. The molecule has 0 heterocycles. The molecule has 0 saturated carbocycles. The van der Waals surface area contributed by atoms with E-state index in [-0.39, 0.29) is 17.7 Å². The number of benzene rings is 1. The minimum Gasteiger partial charge on any atom is -0.508 e. The van der Waals surface area contributed by atoms with Crippen LogP contribution in [-0.4, -0.2) is 28.5 Å². The van der Waals surface area contributed by atoms with Gasteiger partial charge >= 0.3 is 0 Å². The van der Waals surface area contributed by atoms with Gasteiger partial charge in [0.15, 0.2) is 0 Å². The van der Waals surface area contributed by atoms with Gasteiger partial charge in [-0.25, -0.2) is 0 Å². The van der Waals surface area contributed by atoms with Crippen LogP contribution in [-0.2, 0) is 11.3 Å². The summed E-state index contributed by atoms with van der Waals surface area (Å²) in [6.07, 6.45) is 3.13. The van der Waals surface area contributed by atoms with E-state index in [1.54, 1.807) is 36.1 Å². The molecular weight excluding hydrogens is 308 g/mol. The number of hydrogen-bond acceptors (Lipinski definition) is 3. The van der Waals surface area contributed by atoms with E-state index >= 15 is 0 Å². The molecule has 0 radical (unpaired) electrons. The van der Waals surface area contributed by atoms with Gasteiger partial charge in [0.1, 0.15) is 5.75 Å². The molecule has 0 aromatic heterocycles. The second kappa shape index (κ2) is 7.31. The summed E-state index contributed by atoms with van der Waals surface area (Å²) in [7, 11) is 0. The predicted molar refractivity (Wildman–Crippen MR) is 79.7 cm³/mol. The Hall–Kier alpha value is -1.33. The summed E-state index contributed by atoms with van der Waals surface area (Å²) in [4.78, 5) is 13.6. The van der Waals surface area contributed by atoms with Crippen molar-refractivity contribution >= 4 is 21.8 Å². The fourth-order valence-corrected chi connectivity index (χ4v) is 1.98. The molecule has 1 aromatic carbocycles. The van der Waals surface area contributed by atoms with Crippen LogP contribution in [0, 0.1) is 0 Å². The molecule has 1 rings (SSSR count). The molecule has 104 valence electrons. The molecule has 0 aliphatic rings. The summed E-state index contributed by atoms with van der Waals surface area (Å²) in [5.41, 5.74) is 6.28. The molecule has 5 heteroatoms. The van der Waals surface area contributed by atoms with Gasteiger partial charge in [0.25, 0.3) is 0 Å². The Morgan fingerprint density at radius 2 is 2.26 bits per heavy atom. The molecule has 4 nitrogen and oxygen atoms in total. The number of likely N-dealkylation sites (N-methyl/N-ethyl adjacent to an activating group) is 1. The van der Waals surface area contributed by atoms with E-state index in [2.05, 4.69) is 15.9 Å². The molecular formula is C14H19BrN2O2. The van der Waals surface area contributed by atoms with Crippen molar-refractivity contribution < 1.29 is 9.90 Å². The number of carbonyl (C=O) groups excluding carboxylic acids is 1. The first-order valence-corrected chi connectivity index (χ1v) is 6.93. The first-order chi connectivity index (χ1) is 8.93.